The molecule has 118 valence electrons. The maximum Gasteiger partial charge on any atom is 0.306 e. The molecule has 0 radical (unpaired) electrons. The predicted octanol–water partition coefficient (Wildman–Crippen LogP) is 3.53. The van der Waals surface area contributed by atoms with E-state index in [1.54, 1.807) is 25.1 Å². The lowest BCUT2D eigenvalue weighted by Gasteiger charge is -2.04. The van der Waals surface area contributed by atoms with Crippen LogP contribution in [0.5, 0.6) is 11.5 Å². The van der Waals surface area contributed by atoms with E-state index in [0.717, 1.165) is 10.1 Å². The molecular weight excluding hydrogens is 304 g/mol. The molecule has 0 aliphatic carbocycles. The molecule has 1 aromatic heterocycles. The van der Waals surface area contributed by atoms with E-state index in [2.05, 4.69) is 0 Å². The third kappa shape index (κ3) is 3.76. The monoisotopic (exact) mass is 322 g/mol. The molecule has 0 aliphatic rings. The first-order valence-corrected chi connectivity index (χ1v) is 7.95. The molecule has 6 heteroatoms. The molecule has 0 aliphatic heterocycles. The molecule has 0 bridgehead atoms. The smallest absolute Gasteiger partial charge is 0.306 e. The van der Waals surface area contributed by atoms with Crippen LogP contribution in [0, 0.1) is 0 Å². The summed E-state index contributed by atoms with van der Waals surface area (Å²) in [6.07, 6.45) is 0.201. The van der Waals surface area contributed by atoms with Crippen LogP contribution >= 0.6 is 11.3 Å². The van der Waals surface area contributed by atoms with Gasteiger partial charge in [-0.25, -0.2) is 0 Å². The fourth-order valence-corrected chi connectivity index (χ4v) is 3.08. The summed E-state index contributed by atoms with van der Waals surface area (Å²) in [5.74, 6) is -0.0139. The lowest BCUT2D eigenvalue weighted by molar-refractivity contribution is -0.143. The Morgan fingerprint density at radius 3 is 2.59 bits per heavy atom. The Morgan fingerprint density at radius 2 is 1.91 bits per heavy atom. The Kier molecular flexibility index (Phi) is 5.38. The number of carbonyl (C=O) groups excluding carboxylic acids is 2. The van der Waals surface area contributed by atoms with Crippen LogP contribution in [0.1, 0.15) is 36.4 Å². The largest absolute Gasteiger partial charge is 0.504 e. The van der Waals surface area contributed by atoms with Crippen LogP contribution in [0.2, 0.25) is 0 Å². The minimum absolute atomic E-state index is 0.0572. The Labute approximate surface area is 132 Å². The van der Waals surface area contributed by atoms with Gasteiger partial charge in [-0.1, -0.05) is 0 Å². The van der Waals surface area contributed by atoms with Gasteiger partial charge in [0, 0.05) is 17.2 Å². The predicted molar refractivity (Wildman–Crippen MR) is 84.9 cm³/mol. The summed E-state index contributed by atoms with van der Waals surface area (Å²) in [6.45, 7) is 4.33. The number of ether oxygens (including phenoxy) is 2. The van der Waals surface area contributed by atoms with Crippen molar-refractivity contribution < 1.29 is 24.2 Å². The van der Waals surface area contributed by atoms with E-state index in [1.807, 2.05) is 6.92 Å². The molecule has 0 amide bonds. The van der Waals surface area contributed by atoms with E-state index in [9.17, 15) is 14.7 Å². The molecule has 22 heavy (non-hydrogen) atoms. The Bertz CT molecular complexity index is 689. The highest BCUT2D eigenvalue weighted by Gasteiger charge is 2.14. The third-order valence-electron chi connectivity index (χ3n) is 3.03. The second-order valence-electron chi connectivity index (χ2n) is 4.63. The van der Waals surface area contributed by atoms with E-state index in [-0.39, 0.29) is 30.3 Å². The first-order valence-electron chi connectivity index (χ1n) is 7.13. The summed E-state index contributed by atoms with van der Waals surface area (Å²) in [6, 6.07) is 5.06. The van der Waals surface area contributed by atoms with Crippen molar-refractivity contribution in [1.82, 2.24) is 0 Å². The van der Waals surface area contributed by atoms with E-state index in [1.165, 1.54) is 11.3 Å². The zero-order valence-electron chi connectivity index (χ0n) is 12.5. The topological polar surface area (TPSA) is 72.8 Å². The van der Waals surface area contributed by atoms with E-state index >= 15 is 0 Å². The number of hydrogen-bond acceptors (Lipinski definition) is 6. The van der Waals surface area contributed by atoms with E-state index in [0.29, 0.717) is 23.8 Å². The Morgan fingerprint density at radius 1 is 1.14 bits per heavy atom. The third-order valence-corrected chi connectivity index (χ3v) is 4.17. The van der Waals surface area contributed by atoms with Crippen LogP contribution in [-0.2, 0) is 9.53 Å². The maximum atomic E-state index is 12.1. The van der Waals surface area contributed by atoms with Gasteiger partial charge in [0.2, 0.25) is 0 Å². The van der Waals surface area contributed by atoms with Crippen molar-refractivity contribution in [3.63, 3.8) is 0 Å². The standard InChI is InChI=1S/C16H18O5S/c1-3-20-13-7-10-8-15(22-14(10)9-12(13)18)11(17)5-6-16(19)21-4-2/h7-9,18H,3-6H2,1-2H3. The zero-order valence-corrected chi connectivity index (χ0v) is 13.4. The number of Topliss-reactive ketones (excluding diaryl/α,β-unsaturated/α-hetero) is 1. The fraction of sp³-hybridized carbons (Fsp3) is 0.375. The number of ketones is 1. The number of phenolic OH excluding ortho intramolecular Hbond substituents is 1. The van der Waals surface area contributed by atoms with E-state index < -0.39 is 0 Å². The molecule has 5 nitrogen and oxygen atoms in total. The van der Waals surface area contributed by atoms with Crippen molar-refractivity contribution in [3.8, 4) is 11.5 Å². The lowest BCUT2D eigenvalue weighted by Crippen LogP contribution is -2.07. The highest BCUT2D eigenvalue weighted by molar-refractivity contribution is 7.20. The Hall–Kier alpha value is -2.08. The zero-order chi connectivity index (χ0) is 16.1. The van der Waals surface area contributed by atoms with Crippen molar-refractivity contribution in [3.05, 3.63) is 23.1 Å². The van der Waals surface area contributed by atoms with Gasteiger partial charge < -0.3 is 14.6 Å². The first kappa shape index (κ1) is 16.3. The van der Waals surface area contributed by atoms with Crippen LogP contribution in [0.15, 0.2) is 18.2 Å². The average Bonchev–Trinajstić information content (AvgIpc) is 2.88. The number of carbonyl (C=O) groups is 2. The minimum Gasteiger partial charge on any atom is -0.504 e. The average molecular weight is 322 g/mol. The van der Waals surface area contributed by atoms with Gasteiger partial charge in [-0.05, 0) is 31.4 Å². The molecule has 2 aromatic rings. The first-order chi connectivity index (χ1) is 10.5. The van der Waals surface area contributed by atoms with Crippen molar-refractivity contribution in [2.45, 2.75) is 26.7 Å². The fourth-order valence-electron chi connectivity index (χ4n) is 2.04. The van der Waals surface area contributed by atoms with Gasteiger partial charge in [0.25, 0.3) is 0 Å². The van der Waals surface area contributed by atoms with Crippen molar-refractivity contribution >= 4 is 33.2 Å². The van der Waals surface area contributed by atoms with Crippen LogP contribution in [0.3, 0.4) is 0 Å². The van der Waals surface area contributed by atoms with Crippen LogP contribution in [-0.4, -0.2) is 30.1 Å². The summed E-state index contributed by atoms with van der Waals surface area (Å²) in [5.41, 5.74) is 0. The summed E-state index contributed by atoms with van der Waals surface area (Å²) in [4.78, 5) is 24.0. The summed E-state index contributed by atoms with van der Waals surface area (Å²) in [5, 5.41) is 10.7. The summed E-state index contributed by atoms with van der Waals surface area (Å²) in [7, 11) is 0. The van der Waals surface area contributed by atoms with Crippen LogP contribution in [0.4, 0.5) is 0 Å². The molecule has 0 fully saturated rings. The quantitative estimate of drug-likeness (QED) is 0.623. The normalized spacial score (nSPS) is 10.6. The molecular formula is C16H18O5S. The van der Waals surface area contributed by atoms with Crippen molar-refractivity contribution in [1.29, 1.82) is 0 Å². The van der Waals surface area contributed by atoms with Gasteiger partial charge in [-0.15, -0.1) is 11.3 Å². The minimum atomic E-state index is -0.367. The number of aromatic hydroxyl groups is 1. The number of hydrogen-bond donors (Lipinski definition) is 1. The summed E-state index contributed by atoms with van der Waals surface area (Å²) < 4.78 is 10.9. The molecule has 1 N–H and O–H groups in total. The van der Waals surface area contributed by atoms with Gasteiger partial charge in [0.1, 0.15) is 0 Å². The van der Waals surface area contributed by atoms with E-state index in [4.69, 9.17) is 9.47 Å². The summed E-state index contributed by atoms with van der Waals surface area (Å²) >= 11 is 1.29. The van der Waals surface area contributed by atoms with Gasteiger partial charge in [0.15, 0.2) is 17.3 Å². The van der Waals surface area contributed by atoms with Crippen molar-refractivity contribution in [2.24, 2.45) is 0 Å². The van der Waals surface area contributed by atoms with Crippen LogP contribution < -0.4 is 4.74 Å². The molecule has 1 heterocycles. The molecule has 0 spiro atoms. The second-order valence-corrected chi connectivity index (χ2v) is 5.71. The maximum absolute atomic E-state index is 12.1. The number of rotatable bonds is 7. The van der Waals surface area contributed by atoms with Gasteiger partial charge in [0.05, 0.1) is 24.5 Å². The number of fused-ring (bicyclic) bond motifs is 1. The molecule has 0 saturated carbocycles. The molecule has 2 rings (SSSR count). The highest BCUT2D eigenvalue weighted by Crippen LogP contribution is 2.36. The highest BCUT2D eigenvalue weighted by atomic mass is 32.1. The number of benzene rings is 1. The second kappa shape index (κ2) is 7.26. The van der Waals surface area contributed by atoms with Gasteiger partial charge in [-0.2, -0.15) is 0 Å². The molecule has 1 aromatic carbocycles. The lowest BCUT2D eigenvalue weighted by atomic mass is 10.1. The number of esters is 1. The van der Waals surface area contributed by atoms with Gasteiger partial charge >= 0.3 is 5.97 Å². The number of phenols is 1. The van der Waals surface area contributed by atoms with Crippen molar-refractivity contribution in [2.75, 3.05) is 13.2 Å². The molecule has 0 saturated heterocycles. The molecule has 0 atom stereocenters. The molecule has 0 unspecified atom stereocenters. The van der Waals surface area contributed by atoms with Gasteiger partial charge in [-0.3, -0.25) is 9.59 Å². The van der Waals surface area contributed by atoms with Crippen LogP contribution in [0.25, 0.3) is 10.1 Å². The Balaban J connectivity index is 2.15. The SMILES string of the molecule is CCOC(=O)CCC(=O)c1cc2cc(OCC)c(O)cc2s1. The number of thiophene rings is 1.